The van der Waals surface area contributed by atoms with Crippen LogP contribution in [-0.2, 0) is 4.74 Å². The van der Waals surface area contributed by atoms with Gasteiger partial charge in [0.05, 0.1) is 13.2 Å². The number of carbonyl (C=O) groups excluding carboxylic acids is 2. The van der Waals surface area contributed by atoms with Crippen LogP contribution in [0, 0.1) is 5.92 Å². The number of benzene rings is 2. The molecule has 0 saturated carbocycles. The average Bonchev–Trinajstić information content (AvgIpc) is 2.84. The summed E-state index contributed by atoms with van der Waals surface area (Å²) in [4.78, 5) is 29.6. The number of Topliss-reactive ketones (excluding diaryl/α,β-unsaturated/α-hetero) is 1. The molecule has 9 heteroatoms. The Morgan fingerprint density at radius 3 is 2.26 bits per heavy atom. The third-order valence-electron chi connectivity index (χ3n) is 6.24. The molecule has 2 saturated heterocycles. The second-order valence-electron chi connectivity index (χ2n) is 8.70. The van der Waals surface area contributed by atoms with E-state index in [0.29, 0.717) is 57.8 Å². The van der Waals surface area contributed by atoms with Crippen molar-refractivity contribution in [2.45, 2.75) is 25.1 Å². The maximum atomic E-state index is 13.2. The minimum absolute atomic E-state index is 0.0129. The first kappa shape index (κ1) is 24.1. The summed E-state index contributed by atoms with van der Waals surface area (Å²) in [5, 5.41) is 0. The first-order valence-corrected chi connectivity index (χ1v) is 11.3. The van der Waals surface area contributed by atoms with E-state index in [0.717, 1.165) is 5.56 Å². The maximum absolute atomic E-state index is 13.2. The largest absolute Gasteiger partial charge is 0.573 e. The van der Waals surface area contributed by atoms with Gasteiger partial charge in [0.25, 0.3) is 0 Å². The summed E-state index contributed by atoms with van der Waals surface area (Å²) in [6, 6.07) is 14.7. The fraction of sp³-hybridized carbons (Fsp3) is 0.440. The fourth-order valence-electron chi connectivity index (χ4n) is 4.65. The van der Waals surface area contributed by atoms with Gasteiger partial charge < -0.3 is 19.3 Å². The zero-order valence-electron chi connectivity index (χ0n) is 18.7. The summed E-state index contributed by atoms with van der Waals surface area (Å²) in [5.74, 6) is -0.446. The molecule has 2 aliphatic rings. The van der Waals surface area contributed by atoms with Crippen molar-refractivity contribution in [3.63, 3.8) is 0 Å². The third-order valence-corrected chi connectivity index (χ3v) is 6.24. The number of hydrogen-bond acceptors (Lipinski definition) is 4. The molecule has 6 nitrogen and oxygen atoms in total. The van der Waals surface area contributed by atoms with Crippen LogP contribution in [0.15, 0.2) is 54.6 Å². The summed E-state index contributed by atoms with van der Waals surface area (Å²) in [6.45, 7) is 2.89. The Labute approximate surface area is 196 Å². The van der Waals surface area contributed by atoms with Gasteiger partial charge in [-0.15, -0.1) is 13.2 Å². The van der Waals surface area contributed by atoms with Crippen LogP contribution < -0.4 is 4.74 Å². The van der Waals surface area contributed by atoms with E-state index in [1.54, 1.807) is 34.1 Å². The highest BCUT2D eigenvalue weighted by Gasteiger charge is 2.35. The maximum Gasteiger partial charge on any atom is 0.573 e. The third kappa shape index (κ3) is 6.28. The zero-order chi connectivity index (χ0) is 24.1. The smallest absolute Gasteiger partial charge is 0.406 e. The van der Waals surface area contributed by atoms with Gasteiger partial charge in [0, 0.05) is 44.1 Å². The predicted molar refractivity (Wildman–Crippen MR) is 119 cm³/mol. The number of piperidine rings is 1. The number of halogens is 3. The molecule has 2 amide bonds. The van der Waals surface area contributed by atoms with Gasteiger partial charge >= 0.3 is 12.4 Å². The van der Waals surface area contributed by atoms with Crippen molar-refractivity contribution in [3.05, 3.63) is 65.7 Å². The molecule has 34 heavy (non-hydrogen) atoms. The highest BCUT2D eigenvalue weighted by molar-refractivity contribution is 5.96. The van der Waals surface area contributed by atoms with Gasteiger partial charge in [-0.1, -0.05) is 42.5 Å². The molecular weight excluding hydrogens is 449 g/mol. The van der Waals surface area contributed by atoms with E-state index in [1.807, 2.05) is 18.2 Å². The van der Waals surface area contributed by atoms with Gasteiger partial charge in [-0.25, -0.2) is 4.79 Å². The summed E-state index contributed by atoms with van der Waals surface area (Å²) < 4.78 is 46.9. The Kier molecular flexibility index (Phi) is 7.41. The number of amides is 2. The van der Waals surface area contributed by atoms with Crippen molar-refractivity contribution in [1.29, 1.82) is 0 Å². The normalized spacial score (nSPS) is 21.3. The minimum Gasteiger partial charge on any atom is -0.406 e. The number of ether oxygens (including phenoxy) is 2. The molecule has 2 aromatic rings. The lowest BCUT2D eigenvalue weighted by Crippen LogP contribution is -2.52. The van der Waals surface area contributed by atoms with E-state index in [1.165, 1.54) is 12.1 Å². The quantitative estimate of drug-likeness (QED) is 0.587. The Morgan fingerprint density at radius 1 is 0.941 bits per heavy atom. The van der Waals surface area contributed by atoms with Crippen LogP contribution in [0.4, 0.5) is 18.0 Å². The number of hydrogen-bond donors (Lipinski definition) is 0. The van der Waals surface area contributed by atoms with Crippen molar-refractivity contribution < 1.29 is 32.2 Å². The van der Waals surface area contributed by atoms with Crippen LogP contribution in [0.5, 0.6) is 5.75 Å². The Hall–Kier alpha value is -3.07. The van der Waals surface area contributed by atoms with E-state index >= 15 is 0 Å². The molecule has 0 radical (unpaired) electrons. The number of rotatable bonds is 5. The van der Waals surface area contributed by atoms with E-state index in [-0.39, 0.29) is 29.4 Å². The molecule has 0 N–H and O–H groups in total. The Bertz CT molecular complexity index is 976. The first-order valence-electron chi connectivity index (χ1n) is 11.3. The lowest BCUT2D eigenvalue weighted by molar-refractivity contribution is -0.274. The van der Waals surface area contributed by atoms with E-state index in [2.05, 4.69) is 4.74 Å². The van der Waals surface area contributed by atoms with Gasteiger partial charge in [-0.05, 0) is 30.0 Å². The number of carbonyl (C=O) groups is 2. The van der Waals surface area contributed by atoms with Crippen molar-refractivity contribution >= 4 is 11.8 Å². The highest BCUT2D eigenvalue weighted by atomic mass is 19.4. The molecular formula is C25H27F3N2O4. The SMILES string of the molecule is O=C(CC1CC(c2ccc(OC(F)(F)F)cc2)CN(C(=O)N2CCOCC2)C1)c1ccccc1. The van der Waals surface area contributed by atoms with Crippen LogP contribution in [0.2, 0.25) is 0 Å². The monoisotopic (exact) mass is 476 g/mol. The molecule has 0 spiro atoms. The van der Waals surface area contributed by atoms with Crippen LogP contribution in [0.1, 0.15) is 34.7 Å². The second kappa shape index (κ2) is 10.5. The van der Waals surface area contributed by atoms with Crippen molar-refractivity contribution in [1.82, 2.24) is 9.80 Å². The van der Waals surface area contributed by atoms with Crippen molar-refractivity contribution in [2.75, 3.05) is 39.4 Å². The van der Waals surface area contributed by atoms with Crippen molar-refractivity contribution in [2.24, 2.45) is 5.92 Å². The second-order valence-corrected chi connectivity index (χ2v) is 8.70. The summed E-state index contributed by atoms with van der Waals surface area (Å²) in [7, 11) is 0. The Balaban J connectivity index is 1.51. The molecule has 0 aromatic heterocycles. The van der Waals surface area contributed by atoms with E-state index in [4.69, 9.17) is 4.74 Å². The lowest BCUT2D eigenvalue weighted by Gasteiger charge is -2.41. The molecule has 2 fully saturated rings. The first-order chi connectivity index (χ1) is 16.3. The zero-order valence-corrected chi connectivity index (χ0v) is 18.7. The highest BCUT2D eigenvalue weighted by Crippen LogP contribution is 2.34. The average molecular weight is 476 g/mol. The molecule has 2 aliphatic heterocycles. The number of nitrogens with zero attached hydrogens (tertiary/aromatic N) is 2. The summed E-state index contributed by atoms with van der Waals surface area (Å²) in [6.07, 6.45) is -3.80. The van der Waals surface area contributed by atoms with Crippen LogP contribution in [0.25, 0.3) is 0 Å². The molecule has 0 bridgehead atoms. The van der Waals surface area contributed by atoms with Gasteiger partial charge in [0.1, 0.15) is 5.75 Å². The molecule has 0 aliphatic carbocycles. The van der Waals surface area contributed by atoms with Crippen LogP contribution >= 0.6 is 0 Å². The van der Waals surface area contributed by atoms with E-state index < -0.39 is 6.36 Å². The number of likely N-dealkylation sites (tertiary alicyclic amines) is 1. The molecule has 4 rings (SSSR count). The predicted octanol–water partition coefficient (Wildman–Crippen LogP) is 4.72. The topological polar surface area (TPSA) is 59.1 Å². The molecule has 2 atom stereocenters. The molecule has 2 aromatic carbocycles. The van der Waals surface area contributed by atoms with Crippen molar-refractivity contribution in [3.8, 4) is 5.75 Å². The Morgan fingerprint density at radius 2 is 1.62 bits per heavy atom. The standard InChI is InChI=1S/C25H27F3N2O4/c26-25(27,28)34-22-8-6-19(7-9-22)21-14-18(15-23(31)20-4-2-1-3-5-20)16-30(17-21)24(32)29-10-12-33-13-11-29/h1-9,18,21H,10-17H2. The van der Waals surface area contributed by atoms with E-state index in [9.17, 15) is 22.8 Å². The lowest BCUT2D eigenvalue weighted by atomic mass is 9.81. The molecule has 2 heterocycles. The summed E-state index contributed by atoms with van der Waals surface area (Å²) in [5.41, 5.74) is 1.44. The van der Waals surface area contributed by atoms with Gasteiger partial charge in [0.2, 0.25) is 0 Å². The molecule has 182 valence electrons. The number of morpholine rings is 1. The summed E-state index contributed by atoms with van der Waals surface area (Å²) >= 11 is 0. The molecule has 2 unspecified atom stereocenters. The van der Waals surface area contributed by atoms with Gasteiger partial charge in [0.15, 0.2) is 5.78 Å². The van der Waals surface area contributed by atoms with Gasteiger partial charge in [-0.2, -0.15) is 0 Å². The number of alkyl halides is 3. The van der Waals surface area contributed by atoms with Crippen LogP contribution in [0.3, 0.4) is 0 Å². The minimum atomic E-state index is -4.75. The fourth-order valence-corrected chi connectivity index (χ4v) is 4.65. The van der Waals surface area contributed by atoms with Gasteiger partial charge in [-0.3, -0.25) is 4.79 Å². The van der Waals surface area contributed by atoms with Crippen LogP contribution in [-0.4, -0.2) is 67.4 Å². The number of ketones is 1. The number of urea groups is 1.